The summed E-state index contributed by atoms with van der Waals surface area (Å²) in [6, 6.07) is 15.8. The predicted octanol–water partition coefficient (Wildman–Crippen LogP) is 3.29. The molecule has 0 aliphatic carbocycles. The minimum Gasteiger partial charge on any atom is -0.398 e. The average molecular weight is 323 g/mol. The normalized spacial score (nSPS) is 16.2. The van der Waals surface area contributed by atoms with E-state index >= 15 is 0 Å². The largest absolute Gasteiger partial charge is 0.398 e. The van der Waals surface area contributed by atoms with Gasteiger partial charge in [0.2, 0.25) is 5.91 Å². The van der Waals surface area contributed by atoms with Crippen LogP contribution in [-0.2, 0) is 11.2 Å². The van der Waals surface area contributed by atoms with Gasteiger partial charge in [0.15, 0.2) is 0 Å². The Kier molecular flexibility index (Phi) is 4.74. The fourth-order valence-corrected chi connectivity index (χ4v) is 3.38. The van der Waals surface area contributed by atoms with Gasteiger partial charge in [-0.2, -0.15) is 0 Å². The summed E-state index contributed by atoms with van der Waals surface area (Å²) in [6.45, 7) is 4.86. The number of carbonyl (C=O) groups excluding carboxylic acids is 1. The van der Waals surface area contributed by atoms with Crippen molar-refractivity contribution < 1.29 is 4.79 Å². The zero-order chi connectivity index (χ0) is 17.1. The SMILES string of the molecule is CC(NC(=O)C(C)N1CCCc2c(N)cccc21)c1ccccc1. The maximum atomic E-state index is 12.7. The minimum absolute atomic E-state index is 0.00810. The highest BCUT2D eigenvalue weighted by atomic mass is 16.2. The molecule has 0 radical (unpaired) electrons. The van der Waals surface area contributed by atoms with Crippen LogP contribution in [0, 0.1) is 0 Å². The van der Waals surface area contributed by atoms with Gasteiger partial charge in [-0.3, -0.25) is 4.79 Å². The van der Waals surface area contributed by atoms with Crippen LogP contribution in [-0.4, -0.2) is 18.5 Å². The Morgan fingerprint density at radius 1 is 1.12 bits per heavy atom. The van der Waals surface area contributed by atoms with Crippen LogP contribution in [0.3, 0.4) is 0 Å². The van der Waals surface area contributed by atoms with Gasteiger partial charge in [0.1, 0.15) is 6.04 Å². The van der Waals surface area contributed by atoms with E-state index in [1.165, 1.54) is 5.56 Å². The quantitative estimate of drug-likeness (QED) is 0.849. The topological polar surface area (TPSA) is 58.4 Å². The summed E-state index contributed by atoms with van der Waals surface area (Å²) in [5.74, 6) is 0.0432. The van der Waals surface area contributed by atoms with E-state index in [9.17, 15) is 4.79 Å². The second-order valence-corrected chi connectivity index (χ2v) is 6.46. The molecule has 0 saturated heterocycles. The Labute approximate surface area is 143 Å². The molecule has 2 unspecified atom stereocenters. The standard InChI is InChI=1S/C20H25N3O/c1-14(16-8-4-3-5-9-16)22-20(24)15(2)23-13-7-10-17-18(21)11-6-12-19(17)23/h3-6,8-9,11-12,14-15H,7,10,13,21H2,1-2H3,(H,22,24). The molecule has 1 heterocycles. The van der Waals surface area contributed by atoms with Crippen LogP contribution in [0.5, 0.6) is 0 Å². The van der Waals surface area contributed by atoms with Crippen molar-refractivity contribution in [3.63, 3.8) is 0 Å². The third-order valence-electron chi connectivity index (χ3n) is 4.83. The molecule has 2 aromatic rings. The van der Waals surface area contributed by atoms with E-state index in [0.717, 1.165) is 36.3 Å². The van der Waals surface area contributed by atoms with Crippen molar-refractivity contribution in [2.24, 2.45) is 0 Å². The van der Waals surface area contributed by atoms with Gasteiger partial charge in [-0.05, 0) is 49.9 Å². The molecule has 126 valence electrons. The lowest BCUT2D eigenvalue weighted by Crippen LogP contribution is -2.47. The summed E-state index contributed by atoms with van der Waals surface area (Å²) in [4.78, 5) is 14.9. The monoisotopic (exact) mass is 323 g/mol. The predicted molar refractivity (Wildman–Crippen MR) is 99.0 cm³/mol. The number of rotatable bonds is 4. The maximum absolute atomic E-state index is 12.7. The molecule has 0 fully saturated rings. The summed E-state index contributed by atoms with van der Waals surface area (Å²) in [5.41, 5.74) is 10.3. The summed E-state index contributed by atoms with van der Waals surface area (Å²) in [5, 5.41) is 3.13. The molecule has 2 aromatic carbocycles. The number of nitrogens with two attached hydrogens (primary N) is 1. The maximum Gasteiger partial charge on any atom is 0.242 e. The van der Waals surface area contributed by atoms with Gasteiger partial charge >= 0.3 is 0 Å². The third-order valence-corrected chi connectivity index (χ3v) is 4.83. The van der Waals surface area contributed by atoms with Crippen LogP contribution in [0.15, 0.2) is 48.5 Å². The molecule has 3 N–H and O–H groups in total. The number of carbonyl (C=O) groups is 1. The molecule has 0 aromatic heterocycles. The van der Waals surface area contributed by atoms with E-state index in [2.05, 4.69) is 16.3 Å². The van der Waals surface area contributed by atoms with Crippen molar-refractivity contribution in [1.29, 1.82) is 0 Å². The number of hydrogen-bond acceptors (Lipinski definition) is 3. The number of amides is 1. The highest BCUT2D eigenvalue weighted by Crippen LogP contribution is 2.32. The first-order valence-electron chi connectivity index (χ1n) is 8.57. The van der Waals surface area contributed by atoms with Gasteiger partial charge in [-0.15, -0.1) is 0 Å². The molecule has 3 rings (SSSR count). The van der Waals surface area contributed by atoms with Gasteiger partial charge in [0.25, 0.3) is 0 Å². The lowest BCUT2D eigenvalue weighted by atomic mass is 9.98. The molecule has 4 heteroatoms. The van der Waals surface area contributed by atoms with Gasteiger partial charge in [0, 0.05) is 17.9 Å². The summed E-state index contributed by atoms with van der Waals surface area (Å²) in [6.07, 6.45) is 2.00. The van der Waals surface area contributed by atoms with Crippen LogP contribution in [0.1, 0.15) is 37.4 Å². The Morgan fingerprint density at radius 2 is 1.88 bits per heavy atom. The summed E-state index contributed by atoms with van der Waals surface area (Å²) in [7, 11) is 0. The van der Waals surface area contributed by atoms with Crippen LogP contribution >= 0.6 is 0 Å². The van der Waals surface area contributed by atoms with Crippen molar-refractivity contribution in [2.45, 2.75) is 38.8 Å². The van der Waals surface area contributed by atoms with E-state index in [1.807, 2.05) is 56.3 Å². The Bertz CT molecular complexity index is 714. The number of fused-ring (bicyclic) bond motifs is 1. The highest BCUT2D eigenvalue weighted by molar-refractivity contribution is 5.86. The van der Waals surface area contributed by atoms with Crippen molar-refractivity contribution in [1.82, 2.24) is 5.32 Å². The van der Waals surface area contributed by atoms with E-state index in [0.29, 0.717) is 0 Å². The number of nitrogen functional groups attached to an aromatic ring is 1. The lowest BCUT2D eigenvalue weighted by Gasteiger charge is -2.36. The van der Waals surface area contributed by atoms with Crippen molar-refractivity contribution in [3.05, 3.63) is 59.7 Å². The van der Waals surface area contributed by atoms with Crippen LogP contribution in [0.4, 0.5) is 11.4 Å². The minimum atomic E-state index is -0.225. The lowest BCUT2D eigenvalue weighted by molar-refractivity contribution is -0.122. The van der Waals surface area contributed by atoms with Gasteiger partial charge in [-0.1, -0.05) is 36.4 Å². The smallest absolute Gasteiger partial charge is 0.242 e. The second kappa shape index (κ2) is 6.95. The molecule has 1 aliphatic heterocycles. The number of nitrogens with one attached hydrogen (secondary N) is 1. The molecule has 2 atom stereocenters. The van der Waals surface area contributed by atoms with Crippen LogP contribution in [0.25, 0.3) is 0 Å². The first-order chi connectivity index (χ1) is 11.6. The molecular formula is C20H25N3O. The molecule has 1 aliphatic rings. The molecule has 24 heavy (non-hydrogen) atoms. The molecular weight excluding hydrogens is 298 g/mol. The van der Waals surface area contributed by atoms with Crippen LogP contribution in [0.2, 0.25) is 0 Å². The molecule has 0 bridgehead atoms. The van der Waals surface area contributed by atoms with Crippen LogP contribution < -0.4 is 16.0 Å². The fourth-order valence-electron chi connectivity index (χ4n) is 3.38. The Hall–Kier alpha value is -2.49. The van der Waals surface area contributed by atoms with Crippen molar-refractivity contribution >= 4 is 17.3 Å². The van der Waals surface area contributed by atoms with E-state index in [-0.39, 0.29) is 18.0 Å². The van der Waals surface area contributed by atoms with Gasteiger partial charge < -0.3 is 16.0 Å². The second-order valence-electron chi connectivity index (χ2n) is 6.46. The highest BCUT2D eigenvalue weighted by Gasteiger charge is 2.27. The summed E-state index contributed by atoms with van der Waals surface area (Å²) >= 11 is 0. The number of nitrogens with zero attached hydrogens (tertiary/aromatic N) is 1. The number of hydrogen-bond donors (Lipinski definition) is 2. The van der Waals surface area contributed by atoms with Crippen molar-refractivity contribution in [2.75, 3.05) is 17.2 Å². The Balaban J connectivity index is 1.74. The third kappa shape index (κ3) is 3.23. The molecule has 4 nitrogen and oxygen atoms in total. The molecule has 0 saturated carbocycles. The average Bonchev–Trinajstić information content (AvgIpc) is 2.61. The molecule has 1 amide bonds. The summed E-state index contributed by atoms with van der Waals surface area (Å²) < 4.78 is 0. The van der Waals surface area contributed by atoms with E-state index < -0.39 is 0 Å². The fraction of sp³-hybridized carbons (Fsp3) is 0.350. The zero-order valence-electron chi connectivity index (χ0n) is 14.3. The zero-order valence-corrected chi connectivity index (χ0v) is 14.3. The Morgan fingerprint density at radius 3 is 2.62 bits per heavy atom. The first kappa shape index (κ1) is 16.4. The van der Waals surface area contributed by atoms with Gasteiger partial charge in [0.05, 0.1) is 6.04 Å². The number of anilines is 2. The van der Waals surface area contributed by atoms with E-state index in [1.54, 1.807) is 0 Å². The molecule has 0 spiro atoms. The van der Waals surface area contributed by atoms with Crippen molar-refractivity contribution in [3.8, 4) is 0 Å². The number of benzene rings is 2. The van der Waals surface area contributed by atoms with Gasteiger partial charge in [-0.25, -0.2) is 0 Å². The van der Waals surface area contributed by atoms with E-state index in [4.69, 9.17) is 5.73 Å². The first-order valence-corrected chi connectivity index (χ1v) is 8.57.